The fraction of sp³-hybridized carbons (Fsp3) is 0.364. The molecule has 33 heavy (non-hydrogen) atoms. The van der Waals surface area contributed by atoms with Crippen LogP contribution in [0.5, 0.6) is 0 Å². The van der Waals surface area contributed by atoms with E-state index in [-0.39, 0.29) is 22.6 Å². The summed E-state index contributed by atoms with van der Waals surface area (Å²) in [6.45, 7) is 6.72. The van der Waals surface area contributed by atoms with E-state index >= 15 is 4.39 Å². The molecule has 11 heteroatoms. The van der Waals surface area contributed by atoms with E-state index in [1.54, 1.807) is 31.7 Å². The first-order chi connectivity index (χ1) is 15.5. The zero-order chi connectivity index (χ0) is 24.1. The van der Waals surface area contributed by atoms with E-state index in [2.05, 4.69) is 5.32 Å². The van der Waals surface area contributed by atoms with Gasteiger partial charge in [-0.1, -0.05) is 6.07 Å². The summed E-state index contributed by atoms with van der Waals surface area (Å²) in [6, 6.07) is 5.29. The van der Waals surface area contributed by atoms with Crippen LogP contribution >= 0.6 is 0 Å². The minimum atomic E-state index is -0.745. The van der Waals surface area contributed by atoms with Gasteiger partial charge in [0, 0.05) is 32.2 Å². The summed E-state index contributed by atoms with van der Waals surface area (Å²) in [5.74, 6) is -2.51. The average Bonchev–Trinajstić information content (AvgIpc) is 3.01. The van der Waals surface area contributed by atoms with Gasteiger partial charge >= 0.3 is 6.09 Å². The number of piperazine rings is 1. The molecule has 0 saturated carbocycles. The molecular weight excluding hydrogens is 433 g/mol. The number of ether oxygens (including phenoxy) is 1. The Morgan fingerprint density at radius 2 is 1.76 bits per heavy atom. The van der Waals surface area contributed by atoms with Gasteiger partial charge in [0.2, 0.25) is 0 Å². The third kappa shape index (κ3) is 4.01. The second-order valence-electron chi connectivity index (χ2n) is 8.84. The number of fused-ring (bicyclic) bond motifs is 1. The summed E-state index contributed by atoms with van der Waals surface area (Å²) in [4.78, 5) is 52.7. The predicted octanol–water partition coefficient (Wildman–Crippen LogP) is 1.50. The lowest BCUT2D eigenvalue weighted by Crippen LogP contribution is -2.50. The molecule has 3 amide bonds. The zero-order valence-corrected chi connectivity index (χ0v) is 18.5. The lowest BCUT2D eigenvalue weighted by atomic mass is 10.1. The smallest absolute Gasteiger partial charge is 0.410 e. The molecule has 1 fully saturated rings. The van der Waals surface area contributed by atoms with Crippen molar-refractivity contribution in [3.8, 4) is 5.69 Å². The van der Waals surface area contributed by atoms with Crippen LogP contribution in [0.1, 0.15) is 41.5 Å². The predicted molar refractivity (Wildman–Crippen MR) is 118 cm³/mol. The first-order valence-corrected chi connectivity index (χ1v) is 10.4. The summed E-state index contributed by atoms with van der Waals surface area (Å²) in [6.07, 6.45) is -0.434. The van der Waals surface area contributed by atoms with Gasteiger partial charge in [0.25, 0.3) is 17.4 Å². The molecule has 3 heterocycles. The van der Waals surface area contributed by atoms with E-state index in [0.717, 1.165) is 10.6 Å². The Morgan fingerprint density at radius 3 is 2.39 bits per heavy atom. The number of carbonyl (C=O) groups excluding carboxylic acids is 3. The molecule has 1 aromatic carbocycles. The maximum atomic E-state index is 15.1. The first kappa shape index (κ1) is 22.3. The highest BCUT2D eigenvalue weighted by Gasteiger charge is 2.34. The maximum absolute atomic E-state index is 15.1. The SMILES string of the molecule is CC(C)(C)OC(=O)N1CCN(c2cccc(F)c2-n2c(N)c3c(cc2=O)C(=O)NC3=O)CC1. The van der Waals surface area contributed by atoms with Gasteiger partial charge in [0.1, 0.15) is 22.9 Å². The van der Waals surface area contributed by atoms with Gasteiger partial charge in [0.15, 0.2) is 0 Å². The molecule has 0 aliphatic carbocycles. The molecular formula is C22H24FN5O5. The highest BCUT2D eigenvalue weighted by Crippen LogP contribution is 2.31. The maximum Gasteiger partial charge on any atom is 0.410 e. The van der Waals surface area contributed by atoms with Gasteiger partial charge < -0.3 is 20.3 Å². The van der Waals surface area contributed by atoms with E-state index < -0.39 is 34.9 Å². The van der Waals surface area contributed by atoms with Crippen molar-refractivity contribution in [1.29, 1.82) is 0 Å². The van der Waals surface area contributed by atoms with Crippen molar-refractivity contribution in [3.63, 3.8) is 0 Å². The number of rotatable bonds is 2. The minimum Gasteiger partial charge on any atom is -0.444 e. The van der Waals surface area contributed by atoms with Crippen molar-refractivity contribution < 1.29 is 23.5 Å². The van der Waals surface area contributed by atoms with Crippen LogP contribution in [0.2, 0.25) is 0 Å². The highest BCUT2D eigenvalue weighted by molar-refractivity contribution is 6.23. The van der Waals surface area contributed by atoms with Crippen molar-refractivity contribution in [2.45, 2.75) is 26.4 Å². The molecule has 1 aromatic heterocycles. The summed E-state index contributed by atoms with van der Waals surface area (Å²) in [7, 11) is 0. The van der Waals surface area contributed by atoms with E-state index in [9.17, 15) is 19.2 Å². The molecule has 4 rings (SSSR count). The number of hydrogen-bond acceptors (Lipinski definition) is 7. The monoisotopic (exact) mass is 457 g/mol. The number of nitrogens with zero attached hydrogens (tertiary/aromatic N) is 3. The minimum absolute atomic E-state index is 0.124. The van der Waals surface area contributed by atoms with E-state index in [4.69, 9.17) is 10.5 Å². The number of halogens is 1. The molecule has 0 spiro atoms. The normalized spacial score (nSPS) is 16.0. The number of anilines is 2. The van der Waals surface area contributed by atoms with Crippen LogP contribution in [0.25, 0.3) is 5.69 Å². The molecule has 0 unspecified atom stereocenters. The Bertz CT molecular complexity index is 1220. The van der Waals surface area contributed by atoms with Crippen LogP contribution in [0.3, 0.4) is 0 Å². The molecule has 174 valence electrons. The van der Waals surface area contributed by atoms with Crippen molar-refractivity contribution in [3.05, 3.63) is 51.6 Å². The van der Waals surface area contributed by atoms with Gasteiger partial charge in [-0.3, -0.25) is 24.3 Å². The highest BCUT2D eigenvalue weighted by atomic mass is 19.1. The molecule has 0 bridgehead atoms. The Labute approximate surface area is 188 Å². The molecule has 0 radical (unpaired) electrons. The molecule has 0 atom stereocenters. The number of para-hydroxylation sites is 1. The van der Waals surface area contributed by atoms with Crippen LogP contribution in [-0.2, 0) is 4.74 Å². The number of nitrogen functional groups attached to an aromatic ring is 1. The molecule has 10 nitrogen and oxygen atoms in total. The van der Waals surface area contributed by atoms with Crippen molar-refractivity contribution in [1.82, 2.24) is 14.8 Å². The second kappa shape index (κ2) is 7.91. The standard InChI is InChI=1S/C22H24FN5O5/c1-22(2,3)33-21(32)27-9-7-26(8-10-27)14-6-4-5-13(23)17(14)28-15(29)11-12-16(18(28)24)20(31)25-19(12)30/h4-6,11H,7-10,24H2,1-3H3,(H,25,30,31). The van der Waals surface area contributed by atoms with Crippen LogP contribution in [0, 0.1) is 5.82 Å². The second-order valence-corrected chi connectivity index (χ2v) is 8.84. The van der Waals surface area contributed by atoms with E-state index in [0.29, 0.717) is 31.9 Å². The van der Waals surface area contributed by atoms with Gasteiger partial charge in [-0.15, -0.1) is 0 Å². The first-order valence-electron chi connectivity index (χ1n) is 10.4. The topological polar surface area (TPSA) is 127 Å². The van der Waals surface area contributed by atoms with Crippen molar-refractivity contribution >= 4 is 29.4 Å². The van der Waals surface area contributed by atoms with Gasteiger partial charge in [-0.05, 0) is 32.9 Å². The molecule has 1 saturated heterocycles. The number of pyridine rings is 1. The lowest BCUT2D eigenvalue weighted by molar-refractivity contribution is 0.0240. The fourth-order valence-electron chi connectivity index (χ4n) is 3.95. The number of nitrogens with one attached hydrogen (secondary N) is 1. The molecule has 2 aliphatic heterocycles. The third-order valence-electron chi connectivity index (χ3n) is 5.41. The average molecular weight is 457 g/mol. The van der Waals surface area contributed by atoms with E-state index in [1.807, 2.05) is 4.90 Å². The largest absolute Gasteiger partial charge is 0.444 e. The number of carbonyl (C=O) groups is 3. The van der Waals surface area contributed by atoms with Crippen molar-refractivity contribution in [2.24, 2.45) is 0 Å². The number of imide groups is 1. The summed E-state index contributed by atoms with van der Waals surface area (Å²) >= 11 is 0. The fourth-order valence-corrected chi connectivity index (χ4v) is 3.95. The Kier molecular flexibility index (Phi) is 5.35. The Morgan fingerprint density at radius 1 is 1.09 bits per heavy atom. The van der Waals surface area contributed by atoms with Crippen molar-refractivity contribution in [2.75, 3.05) is 36.8 Å². The van der Waals surface area contributed by atoms with Crippen LogP contribution < -0.4 is 21.5 Å². The number of amides is 3. The quantitative estimate of drug-likeness (QED) is 0.655. The van der Waals surface area contributed by atoms with E-state index in [1.165, 1.54) is 12.1 Å². The Balaban J connectivity index is 1.69. The number of benzene rings is 1. The molecule has 2 aromatic rings. The zero-order valence-electron chi connectivity index (χ0n) is 18.5. The van der Waals surface area contributed by atoms with Gasteiger partial charge in [-0.25, -0.2) is 9.18 Å². The molecule has 2 aliphatic rings. The summed E-state index contributed by atoms with van der Waals surface area (Å²) in [5.41, 5.74) is 4.69. The third-order valence-corrected chi connectivity index (χ3v) is 5.41. The summed E-state index contributed by atoms with van der Waals surface area (Å²) < 4.78 is 21.4. The molecule has 3 N–H and O–H groups in total. The lowest BCUT2D eigenvalue weighted by Gasteiger charge is -2.37. The summed E-state index contributed by atoms with van der Waals surface area (Å²) in [5, 5.41) is 2.09. The van der Waals surface area contributed by atoms with Gasteiger partial charge in [-0.2, -0.15) is 0 Å². The number of aromatic nitrogens is 1. The van der Waals surface area contributed by atoms with Crippen LogP contribution in [-0.4, -0.2) is 59.2 Å². The van der Waals surface area contributed by atoms with Crippen LogP contribution in [0.15, 0.2) is 29.1 Å². The van der Waals surface area contributed by atoms with Gasteiger partial charge in [0.05, 0.1) is 16.8 Å². The number of hydrogen-bond donors (Lipinski definition) is 2. The number of nitrogens with two attached hydrogens (primary N) is 1. The Hall–Kier alpha value is -3.89. The van der Waals surface area contributed by atoms with Crippen LogP contribution in [0.4, 0.5) is 20.7 Å².